The Morgan fingerprint density at radius 1 is 1.29 bits per heavy atom. The number of nitrogens with one attached hydrogen (secondary N) is 1. The summed E-state index contributed by atoms with van der Waals surface area (Å²) < 4.78 is 5.88. The number of rotatable bonds is 6. The summed E-state index contributed by atoms with van der Waals surface area (Å²) in [5.74, 6) is -0.240. The van der Waals surface area contributed by atoms with Crippen LogP contribution in [0.4, 0.5) is 5.69 Å². The van der Waals surface area contributed by atoms with E-state index in [1.807, 2.05) is 38.1 Å². The Morgan fingerprint density at radius 3 is 2.48 bits per heavy atom. The summed E-state index contributed by atoms with van der Waals surface area (Å²) in [5.41, 5.74) is 7.68. The van der Waals surface area contributed by atoms with Crippen LogP contribution in [0.15, 0.2) is 24.3 Å². The van der Waals surface area contributed by atoms with Crippen LogP contribution in [0, 0.1) is 5.92 Å². The number of benzene rings is 1. The standard InChI is InChI=1S/C17H26N2O2/c1-12(13(2)18)17(20)19-15-9-7-14(8-10-15)11-21-16-5-3-4-6-16/h7-10,12-13,16H,3-6,11,18H2,1-2H3,(H,19,20). The number of nitrogens with two attached hydrogens (primary N) is 1. The van der Waals surface area contributed by atoms with Crippen LogP contribution in [-0.2, 0) is 16.1 Å². The van der Waals surface area contributed by atoms with Crippen molar-refractivity contribution in [3.8, 4) is 0 Å². The highest BCUT2D eigenvalue weighted by Crippen LogP contribution is 2.22. The summed E-state index contributed by atoms with van der Waals surface area (Å²) in [7, 11) is 0. The largest absolute Gasteiger partial charge is 0.374 e. The molecule has 0 bridgehead atoms. The number of ether oxygens (including phenoxy) is 1. The number of anilines is 1. The van der Waals surface area contributed by atoms with Gasteiger partial charge in [0.1, 0.15) is 0 Å². The molecule has 0 saturated heterocycles. The molecular weight excluding hydrogens is 264 g/mol. The second-order valence-corrected chi connectivity index (χ2v) is 6.05. The first-order valence-electron chi connectivity index (χ1n) is 7.83. The van der Waals surface area contributed by atoms with Gasteiger partial charge in [-0.15, -0.1) is 0 Å². The lowest BCUT2D eigenvalue weighted by atomic mass is 10.0. The van der Waals surface area contributed by atoms with E-state index in [2.05, 4.69) is 5.32 Å². The third-order valence-electron chi connectivity index (χ3n) is 4.21. The van der Waals surface area contributed by atoms with E-state index in [9.17, 15) is 4.79 Å². The summed E-state index contributed by atoms with van der Waals surface area (Å²) >= 11 is 0. The molecule has 1 fully saturated rings. The Hall–Kier alpha value is -1.39. The zero-order valence-corrected chi connectivity index (χ0v) is 13.0. The quantitative estimate of drug-likeness (QED) is 0.846. The molecule has 1 aliphatic carbocycles. The molecule has 2 unspecified atom stereocenters. The van der Waals surface area contributed by atoms with Crippen molar-refractivity contribution in [3.05, 3.63) is 29.8 Å². The first kappa shape index (κ1) is 16.0. The van der Waals surface area contributed by atoms with Crippen molar-refractivity contribution in [1.29, 1.82) is 0 Å². The average Bonchev–Trinajstić information content (AvgIpc) is 2.99. The van der Waals surface area contributed by atoms with E-state index in [1.165, 1.54) is 25.7 Å². The number of hydrogen-bond acceptors (Lipinski definition) is 3. The van der Waals surface area contributed by atoms with Crippen molar-refractivity contribution < 1.29 is 9.53 Å². The number of amides is 1. The van der Waals surface area contributed by atoms with Crippen molar-refractivity contribution in [2.24, 2.45) is 11.7 Å². The maximum Gasteiger partial charge on any atom is 0.228 e. The lowest BCUT2D eigenvalue weighted by Gasteiger charge is -2.15. The van der Waals surface area contributed by atoms with Crippen LogP contribution in [0.1, 0.15) is 45.1 Å². The monoisotopic (exact) mass is 290 g/mol. The topological polar surface area (TPSA) is 64.4 Å². The van der Waals surface area contributed by atoms with Gasteiger partial charge in [-0.05, 0) is 37.5 Å². The van der Waals surface area contributed by atoms with Crippen LogP contribution in [-0.4, -0.2) is 18.1 Å². The summed E-state index contributed by atoms with van der Waals surface area (Å²) in [5, 5.41) is 2.89. The smallest absolute Gasteiger partial charge is 0.228 e. The predicted octanol–water partition coefficient (Wildman–Crippen LogP) is 3.07. The maximum absolute atomic E-state index is 11.9. The minimum absolute atomic E-state index is 0.0417. The van der Waals surface area contributed by atoms with Gasteiger partial charge in [-0.1, -0.05) is 31.9 Å². The molecule has 1 aliphatic rings. The zero-order chi connectivity index (χ0) is 15.2. The molecule has 0 aromatic heterocycles. The molecule has 3 N–H and O–H groups in total. The lowest BCUT2D eigenvalue weighted by molar-refractivity contribution is -0.119. The molecule has 1 amide bonds. The van der Waals surface area contributed by atoms with Crippen LogP contribution < -0.4 is 11.1 Å². The molecule has 1 saturated carbocycles. The van der Waals surface area contributed by atoms with Crippen LogP contribution in [0.3, 0.4) is 0 Å². The van der Waals surface area contributed by atoms with Gasteiger partial charge < -0.3 is 15.8 Å². The van der Waals surface area contributed by atoms with Crippen molar-refractivity contribution in [2.45, 2.75) is 58.3 Å². The molecule has 2 rings (SSSR count). The summed E-state index contributed by atoms with van der Waals surface area (Å²) in [6.45, 7) is 4.33. The van der Waals surface area contributed by atoms with Crippen molar-refractivity contribution in [3.63, 3.8) is 0 Å². The molecule has 0 radical (unpaired) electrons. The van der Waals surface area contributed by atoms with Gasteiger partial charge in [-0.2, -0.15) is 0 Å². The normalized spacial score (nSPS) is 18.4. The van der Waals surface area contributed by atoms with E-state index in [0.717, 1.165) is 11.3 Å². The Balaban J connectivity index is 1.82. The molecule has 2 atom stereocenters. The van der Waals surface area contributed by atoms with Gasteiger partial charge in [0.2, 0.25) is 5.91 Å². The Morgan fingerprint density at radius 2 is 1.90 bits per heavy atom. The molecular formula is C17H26N2O2. The zero-order valence-electron chi connectivity index (χ0n) is 13.0. The number of hydrogen-bond donors (Lipinski definition) is 2. The summed E-state index contributed by atoms with van der Waals surface area (Å²) in [6.07, 6.45) is 5.36. The van der Waals surface area contributed by atoms with E-state index >= 15 is 0 Å². The highest BCUT2D eigenvalue weighted by atomic mass is 16.5. The molecule has 0 spiro atoms. The van der Waals surface area contributed by atoms with E-state index in [4.69, 9.17) is 10.5 Å². The van der Waals surface area contributed by atoms with Crippen molar-refractivity contribution >= 4 is 11.6 Å². The first-order valence-corrected chi connectivity index (χ1v) is 7.83. The molecule has 0 heterocycles. The first-order chi connectivity index (χ1) is 10.1. The minimum atomic E-state index is -0.199. The Bertz CT molecular complexity index is 450. The third kappa shape index (κ3) is 4.83. The van der Waals surface area contributed by atoms with Gasteiger partial charge in [-0.25, -0.2) is 0 Å². The van der Waals surface area contributed by atoms with Crippen LogP contribution in [0.25, 0.3) is 0 Å². The fourth-order valence-electron chi connectivity index (χ4n) is 2.45. The van der Waals surface area contributed by atoms with Crippen molar-refractivity contribution in [2.75, 3.05) is 5.32 Å². The fraction of sp³-hybridized carbons (Fsp3) is 0.588. The van der Waals surface area contributed by atoms with Gasteiger partial charge in [-0.3, -0.25) is 4.79 Å². The lowest BCUT2D eigenvalue weighted by Crippen LogP contribution is -2.34. The van der Waals surface area contributed by atoms with Crippen molar-refractivity contribution in [1.82, 2.24) is 0 Å². The summed E-state index contributed by atoms with van der Waals surface area (Å²) in [6, 6.07) is 7.68. The van der Waals surface area contributed by atoms with Gasteiger partial charge in [0, 0.05) is 11.7 Å². The van der Waals surface area contributed by atoms with Crippen LogP contribution >= 0.6 is 0 Å². The molecule has 1 aromatic rings. The second kappa shape index (κ2) is 7.57. The molecule has 21 heavy (non-hydrogen) atoms. The molecule has 1 aromatic carbocycles. The molecule has 4 nitrogen and oxygen atoms in total. The van der Waals surface area contributed by atoms with E-state index in [1.54, 1.807) is 0 Å². The van der Waals surface area contributed by atoms with Crippen LogP contribution in [0.5, 0.6) is 0 Å². The number of carbonyl (C=O) groups excluding carboxylic acids is 1. The third-order valence-corrected chi connectivity index (χ3v) is 4.21. The fourth-order valence-corrected chi connectivity index (χ4v) is 2.45. The average molecular weight is 290 g/mol. The second-order valence-electron chi connectivity index (χ2n) is 6.05. The SMILES string of the molecule is CC(N)C(C)C(=O)Nc1ccc(COC2CCCC2)cc1. The molecule has 4 heteroatoms. The number of carbonyl (C=O) groups is 1. The van der Waals surface area contributed by atoms with Gasteiger partial charge >= 0.3 is 0 Å². The Kier molecular flexibility index (Phi) is 5.76. The minimum Gasteiger partial charge on any atom is -0.374 e. The highest BCUT2D eigenvalue weighted by Gasteiger charge is 2.17. The molecule has 0 aliphatic heterocycles. The van der Waals surface area contributed by atoms with Crippen LogP contribution in [0.2, 0.25) is 0 Å². The van der Waals surface area contributed by atoms with Gasteiger partial charge in [0.25, 0.3) is 0 Å². The van der Waals surface area contributed by atoms with E-state index < -0.39 is 0 Å². The maximum atomic E-state index is 11.9. The molecule has 116 valence electrons. The predicted molar refractivity (Wildman–Crippen MR) is 84.9 cm³/mol. The summed E-state index contributed by atoms with van der Waals surface area (Å²) in [4.78, 5) is 11.9. The van der Waals surface area contributed by atoms with E-state index in [0.29, 0.717) is 12.7 Å². The van der Waals surface area contributed by atoms with Gasteiger partial charge in [0.15, 0.2) is 0 Å². The Labute approximate surface area is 127 Å². The van der Waals surface area contributed by atoms with Gasteiger partial charge in [0.05, 0.1) is 18.6 Å². The highest BCUT2D eigenvalue weighted by molar-refractivity contribution is 5.92. The van der Waals surface area contributed by atoms with E-state index in [-0.39, 0.29) is 17.9 Å².